The first kappa shape index (κ1) is 13.1. The zero-order valence-electron chi connectivity index (χ0n) is 11.4. The number of β-amino-alcohol motifs (C(OH)–C–C–N with tert-alkyl or cyclic N) is 1. The second-order valence-corrected chi connectivity index (χ2v) is 5.31. The number of nitrogens with zero attached hydrogens (tertiary/aromatic N) is 3. The highest BCUT2D eigenvalue weighted by Crippen LogP contribution is 2.14. The Morgan fingerprint density at radius 2 is 2.25 bits per heavy atom. The van der Waals surface area contributed by atoms with Crippen molar-refractivity contribution in [2.45, 2.75) is 31.9 Å². The third-order valence-corrected chi connectivity index (χ3v) is 3.84. The van der Waals surface area contributed by atoms with Crippen molar-refractivity contribution in [3.63, 3.8) is 0 Å². The maximum atomic E-state index is 12.2. The Labute approximate surface area is 117 Å². The number of aliphatic hydroxyl groups excluding tert-OH is 1. The maximum absolute atomic E-state index is 12.2. The number of aromatic nitrogens is 2. The number of aliphatic hydroxyl groups is 1. The molecule has 2 aromatic rings. The molecular formula is C15H19N3O2. The summed E-state index contributed by atoms with van der Waals surface area (Å²) in [6, 6.07) is 7.91. The van der Waals surface area contributed by atoms with E-state index in [0.29, 0.717) is 19.5 Å². The average molecular weight is 273 g/mol. The van der Waals surface area contributed by atoms with Gasteiger partial charge in [-0.25, -0.2) is 4.98 Å². The molecule has 1 aliphatic heterocycles. The molecule has 1 aromatic heterocycles. The standard InChI is InChI=1S/C15H19N3O2/c19-12-4-3-8-17(10-12)15(20)7-9-18-11-16-13-5-1-2-6-14(13)18/h1-2,5-6,11-12,19H,3-4,7-10H2. The van der Waals surface area contributed by atoms with Crippen molar-refractivity contribution in [3.8, 4) is 0 Å². The number of imidazole rings is 1. The second kappa shape index (κ2) is 5.63. The molecule has 20 heavy (non-hydrogen) atoms. The van der Waals surface area contributed by atoms with Crippen molar-refractivity contribution in [1.82, 2.24) is 14.5 Å². The molecule has 0 bridgehead atoms. The van der Waals surface area contributed by atoms with Crippen LogP contribution in [-0.4, -0.2) is 44.7 Å². The monoisotopic (exact) mass is 273 g/mol. The van der Waals surface area contributed by atoms with Crippen LogP contribution >= 0.6 is 0 Å². The normalized spacial score (nSPS) is 19.4. The molecule has 1 unspecified atom stereocenters. The molecular weight excluding hydrogens is 254 g/mol. The first-order chi connectivity index (χ1) is 9.74. The maximum Gasteiger partial charge on any atom is 0.224 e. The first-order valence-electron chi connectivity index (χ1n) is 7.10. The number of likely N-dealkylation sites (tertiary alicyclic amines) is 1. The first-order valence-corrected chi connectivity index (χ1v) is 7.10. The summed E-state index contributed by atoms with van der Waals surface area (Å²) < 4.78 is 2.01. The van der Waals surface area contributed by atoms with Crippen LogP contribution in [0.1, 0.15) is 19.3 Å². The summed E-state index contributed by atoms with van der Waals surface area (Å²) in [6.45, 7) is 1.87. The number of fused-ring (bicyclic) bond motifs is 1. The van der Waals surface area contributed by atoms with E-state index in [2.05, 4.69) is 4.98 Å². The van der Waals surface area contributed by atoms with E-state index in [1.165, 1.54) is 0 Å². The van der Waals surface area contributed by atoms with Gasteiger partial charge in [-0.3, -0.25) is 4.79 Å². The van der Waals surface area contributed by atoms with Gasteiger partial charge in [-0.05, 0) is 25.0 Å². The van der Waals surface area contributed by atoms with Crippen LogP contribution in [0.5, 0.6) is 0 Å². The van der Waals surface area contributed by atoms with E-state index in [1.807, 2.05) is 28.8 Å². The Kier molecular flexibility index (Phi) is 3.69. The van der Waals surface area contributed by atoms with Gasteiger partial charge in [0, 0.05) is 26.1 Å². The Morgan fingerprint density at radius 3 is 3.10 bits per heavy atom. The van der Waals surface area contributed by atoms with Gasteiger partial charge in [-0.2, -0.15) is 0 Å². The van der Waals surface area contributed by atoms with E-state index < -0.39 is 0 Å². The molecule has 1 aliphatic rings. The third-order valence-electron chi connectivity index (χ3n) is 3.84. The molecule has 106 valence electrons. The number of para-hydroxylation sites is 2. The van der Waals surface area contributed by atoms with Gasteiger partial charge in [-0.1, -0.05) is 12.1 Å². The van der Waals surface area contributed by atoms with Gasteiger partial charge in [0.15, 0.2) is 0 Å². The Bertz CT molecular complexity index is 608. The van der Waals surface area contributed by atoms with Crippen molar-refractivity contribution >= 4 is 16.9 Å². The van der Waals surface area contributed by atoms with Crippen LogP contribution in [0.25, 0.3) is 11.0 Å². The second-order valence-electron chi connectivity index (χ2n) is 5.31. The van der Waals surface area contributed by atoms with Gasteiger partial charge >= 0.3 is 0 Å². The fraction of sp³-hybridized carbons (Fsp3) is 0.467. The quantitative estimate of drug-likeness (QED) is 0.920. The van der Waals surface area contributed by atoms with E-state index in [-0.39, 0.29) is 12.0 Å². The fourth-order valence-electron chi connectivity index (χ4n) is 2.74. The lowest BCUT2D eigenvalue weighted by atomic mass is 10.1. The summed E-state index contributed by atoms with van der Waals surface area (Å²) in [6.07, 6.45) is 3.56. The molecule has 0 aliphatic carbocycles. The van der Waals surface area contributed by atoms with E-state index in [9.17, 15) is 9.90 Å². The van der Waals surface area contributed by atoms with E-state index in [1.54, 1.807) is 11.2 Å². The van der Waals surface area contributed by atoms with Crippen LogP contribution < -0.4 is 0 Å². The van der Waals surface area contributed by atoms with Gasteiger partial charge in [-0.15, -0.1) is 0 Å². The van der Waals surface area contributed by atoms with E-state index in [0.717, 1.165) is 30.4 Å². The minimum Gasteiger partial charge on any atom is -0.391 e. The largest absolute Gasteiger partial charge is 0.391 e. The number of amides is 1. The van der Waals surface area contributed by atoms with Gasteiger partial charge in [0.1, 0.15) is 0 Å². The molecule has 3 rings (SSSR count). The van der Waals surface area contributed by atoms with E-state index >= 15 is 0 Å². The molecule has 5 heteroatoms. The van der Waals surface area contributed by atoms with Crippen molar-refractivity contribution in [2.24, 2.45) is 0 Å². The molecule has 1 atom stereocenters. The Hall–Kier alpha value is -1.88. The molecule has 5 nitrogen and oxygen atoms in total. The number of rotatable bonds is 3. The minimum absolute atomic E-state index is 0.113. The molecule has 1 aromatic carbocycles. The van der Waals surface area contributed by atoms with Gasteiger partial charge in [0.25, 0.3) is 0 Å². The lowest BCUT2D eigenvalue weighted by molar-refractivity contribution is -0.134. The number of benzene rings is 1. The fourth-order valence-corrected chi connectivity index (χ4v) is 2.74. The summed E-state index contributed by atoms with van der Waals surface area (Å²) in [5, 5.41) is 9.61. The van der Waals surface area contributed by atoms with Crippen LogP contribution in [0.15, 0.2) is 30.6 Å². The minimum atomic E-state index is -0.359. The lowest BCUT2D eigenvalue weighted by Crippen LogP contribution is -2.42. The molecule has 1 saturated heterocycles. The summed E-state index contributed by atoms with van der Waals surface area (Å²) in [7, 11) is 0. The molecule has 0 saturated carbocycles. The molecule has 1 fully saturated rings. The van der Waals surface area contributed by atoms with Crippen LogP contribution in [0.4, 0.5) is 0 Å². The lowest BCUT2D eigenvalue weighted by Gasteiger charge is -2.30. The van der Waals surface area contributed by atoms with Crippen LogP contribution in [0.2, 0.25) is 0 Å². The van der Waals surface area contributed by atoms with Crippen molar-refractivity contribution in [3.05, 3.63) is 30.6 Å². The van der Waals surface area contributed by atoms with Crippen molar-refractivity contribution < 1.29 is 9.90 Å². The zero-order chi connectivity index (χ0) is 13.9. The predicted octanol–water partition coefficient (Wildman–Crippen LogP) is 1.41. The predicted molar refractivity (Wildman–Crippen MR) is 76.2 cm³/mol. The van der Waals surface area contributed by atoms with Crippen LogP contribution in [0, 0.1) is 0 Å². The summed E-state index contributed by atoms with van der Waals surface area (Å²) in [4.78, 5) is 18.2. The number of hydrogen-bond donors (Lipinski definition) is 1. The summed E-state index contributed by atoms with van der Waals surface area (Å²) in [5.41, 5.74) is 2.01. The topological polar surface area (TPSA) is 58.4 Å². The zero-order valence-corrected chi connectivity index (χ0v) is 11.4. The van der Waals surface area contributed by atoms with Crippen molar-refractivity contribution in [2.75, 3.05) is 13.1 Å². The Morgan fingerprint density at radius 1 is 1.40 bits per heavy atom. The van der Waals surface area contributed by atoms with Gasteiger partial charge in [0.2, 0.25) is 5.91 Å². The summed E-state index contributed by atoms with van der Waals surface area (Å²) in [5.74, 6) is 0.113. The van der Waals surface area contributed by atoms with Crippen molar-refractivity contribution in [1.29, 1.82) is 0 Å². The molecule has 2 heterocycles. The Balaban J connectivity index is 1.63. The molecule has 1 N–H and O–H groups in total. The smallest absolute Gasteiger partial charge is 0.224 e. The number of carbonyl (C=O) groups excluding carboxylic acids is 1. The third kappa shape index (κ3) is 2.67. The van der Waals surface area contributed by atoms with Crippen LogP contribution in [-0.2, 0) is 11.3 Å². The van der Waals surface area contributed by atoms with Gasteiger partial charge < -0.3 is 14.6 Å². The molecule has 1 amide bonds. The SMILES string of the molecule is O=C(CCn1cnc2ccccc21)N1CCCC(O)C1. The van der Waals surface area contributed by atoms with Crippen LogP contribution in [0.3, 0.4) is 0 Å². The van der Waals surface area contributed by atoms with Gasteiger partial charge in [0.05, 0.1) is 23.5 Å². The summed E-state index contributed by atoms with van der Waals surface area (Å²) >= 11 is 0. The highest BCUT2D eigenvalue weighted by Gasteiger charge is 2.21. The average Bonchev–Trinajstić information content (AvgIpc) is 2.88. The highest BCUT2D eigenvalue weighted by molar-refractivity contribution is 5.77. The number of hydrogen-bond acceptors (Lipinski definition) is 3. The number of aryl methyl sites for hydroxylation is 1. The number of piperidine rings is 1. The molecule has 0 spiro atoms. The number of carbonyl (C=O) groups is 1. The van der Waals surface area contributed by atoms with E-state index in [4.69, 9.17) is 0 Å². The highest BCUT2D eigenvalue weighted by atomic mass is 16.3. The molecule has 0 radical (unpaired) electrons.